The first-order valence-electron chi connectivity index (χ1n) is 24.2. The van der Waals surface area contributed by atoms with Crippen molar-refractivity contribution >= 4 is 87.8 Å². The van der Waals surface area contributed by atoms with Crippen LogP contribution >= 0.6 is 0 Å². The predicted molar refractivity (Wildman–Crippen MR) is 286 cm³/mol. The molecule has 0 spiro atoms. The highest BCUT2D eigenvalue weighted by Gasteiger charge is 2.29. The second-order valence-corrected chi connectivity index (χ2v) is 20.4. The van der Waals surface area contributed by atoms with Gasteiger partial charge in [0.15, 0.2) is 23.3 Å². The largest absolute Gasteiger partial charge is 0.456 e. The summed E-state index contributed by atoms with van der Waals surface area (Å²) >= 11 is 0. The number of fused-ring (bicyclic) bond motifs is 12. The molecule has 0 amide bonds. The Labute approximate surface area is 412 Å². The highest BCUT2D eigenvalue weighted by Crippen LogP contribution is 2.41. The van der Waals surface area contributed by atoms with Crippen LogP contribution in [0.25, 0.3) is 133 Å². The zero-order valence-corrected chi connectivity index (χ0v) is 40.1. The van der Waals surface area contributed by atoms with Gasteiger partial charge in [0.1, 0.15) is 56.3 Å². The van der Waals surface area contributed by atoms with Crippen LogP contribution in [0.2, 0.25) is 0 Å². The quantitative estimate of drug-likeness (QED) is 0.152. The fraction of sp³-hybridized carbons (Fsp3) is 0.129. The molecular weight excluding hydrogens is 893 g/mol. The van der Waals surface area contributed by atoms with Crippen LogP contribution in [-0.4, -0.2) is 29.9 Å². The second-order valence-electron chi connectivity index (χ2n) is 20.4. The number of hydrogen-bond acceptors (Lipinski definition) is 10. The highest BCUT2D eigenvalue weighted by atomic mass is 16.3. The number of benzene rings is 8. The molecular formula is C62H44N6O4. The van der Waals surface area contributed by atoms with Crippen LogP contribution in [0.3, 0.4) is 0 Å². The fourth-order valence-electron chi connectivity index (χ4n) is 10.3. The SMILES string of the molecule is CC(C)(C)c1nc(-c2cccc3oc4ccccc4c23)nc(-c2cccc3oc4cc(CC(C)(C)c5nc(-c6ccc7oc8ccccc8c7c6)nc(-c6ccc7oc8ccccc8c7c6)n5)ccc4c23)n1. The predicted octanol–water partition coefficient (Wildman–Crippen LogP) is 16.1. The first-order chi connectivity index (χ1) is 35.0. The van der Waals surface area contributed by atoms with Crippen LogP contribution in [0.5, 0.6) is 0 Å². The summed E-state index contributed by atoms with van der Waals surface area (Å²) in [6, 6.07) is 55.2. The van der Waals surface area contributed by atoms with Crippen LogP contribution in [0.1, 0.15) is 51.8 Å². The molecule has 0 saturated heterocycles. The minimum atomic E-state index is -0.552. The number of rotatable bonds is 7. The number of para-hydroxylation sites is 3. The van der Waals surface area contributed by atoms with Crippen molar-refractivity contribution in [1.29, 1.82) is 0 Å². The Hall–Kier alpha value is -9.02. The summed E-state index contributed by atoms with van der Waals surface area (Å²) in [6.07, 6.45) is 0.618. The van der Waals surface area contributed by atoms with Crippen LogP contribution in [0.4, 0.5) is 0 Å². The van der Waals surface area contributed by atoms with Gasteiger partial charge < -0.3 is 17.7 Å². The summed E-state index contributed by atoms with van der Waals surface area (Å²) in [5.41, 5.74) is 10.1. The fourth-order valence-corrected chi connectivity index (χ4v) is 10.3. The van der Waals surface area contributed by atoms with Gasteiger partial charge in [-0.2, -0.15) is 0 Å². The molecule has 0 radical (unpaired) electrons. The van der Waals surface area contributed by atoms with Crippen LogP contribution in [0, 0.1) is 0 Å². The third-order valence-corrected chi connectivity index (χ3v) is 13.9. The van der Waals surface area contributed by atoms with E-state index >= 15 is 0 Å². The van der Waals surface area contributed by atoms with E-state index < -0.39 is 5.41 Å². The Kier molecular flexibility index (Phi) is 9.02. The van der Waals surface area contributed by atoms with Crippen molar-refractivity contribution in [2.24, 2.45) is 0 Å². The molecule has 0 fully saturated rings. The van der Waals surface area contributed by atoms with Crippen molar-refractivity contribution < 1.29 is 17.7 Å². The highest BCUT2D eigenvalue weighted by molar-refractivity contribution is 6.14. The Morgan fingerprint density at radius 1 is 0.333 bits per heavy atom. The summed E-state index contributed by atoms with van der Waals surface area (Å²) in [5, 5.41) is 8.00. The molecule has 346 valence electrons. The minimum absolute atomic E-state index is 0.364. The lowest BCUT2D eigenvalue weighted by Crippen LogP contribution is -2.25. The van der Waals surface area contributed by atoms with Gasteiger partial charge >= 0.3 is 0 Å². The van der Waals surface area contributed by atoms with Gasteiger partial charge in [0.2, 0.25) is 0 Å². The van der Waals surface area contributed by atoms with E-state index in [1.54, 1.807) is 0 Å². The minimum Gasteiger partial charge on any atom is -0.456 e. The molecule has 0 aliphatic rings. The number of aromatic nitrogens is 6. The van der Waals surface area contributed by atoms with Gasteiger partial charge in [0, 0.05) is 76.2 Å². The van der Waals surface area contributed by atoms with Crippen molar-refractivity contribution in [3.63, 3.8) is 0 Å². The molecule has 14 aromatic rings. The molecule has 0 saturated carbocycles. The van der Waals surface area contributed by atoms with Crippen LogP contribution in [-0.2, 0) is 17.3 Å². The summed E-state index contributed by atoms with van der Waals surface area (Å²) in [5.74, 6) is 3.69. The molecule has 0 N–H and O–H groups in total. The maximum atomic E-state index is 6.72. The molecule has 6 aromatic heterocycles. The lowest BCUT2D eigenvalue weighted by Gasteiger charge is -2.24. The molecule has 10 heteroatoms. The van der Waals surface area contributed by atoms with Crippen molar-refractivity contribution in [2.45, 2.75) is 51.9 Å². The third-order valence-electron chi connectivity index (χ3n) is 13.9. The molecule has 10 nitrogen and oxygen atoms in total. The average molecular weight is 937 g/mol. The summed E-state index contributed by atoms with van der Waals surface area (Å²) < 4.78 is 25.4. The Bertz CT molecular complexity index is 4400. The zero-order chi connectivity index (χ0) is 48.5. The van der Waals surface area contributed by atoms with Gasteiger partial charge in [-0.3, -0.25) is 0 Å². The number of nitrogens with zero attached hydrogens (tertiary/aromatic N) is 6. The van der Waals surface area contributed by atoms with Crippen molar-refractivity contribution in [3.8, 4) is 45.6 Å². The van der Waals surface area contributed by atoms with Gasteiger partial charge in [-0.15, -0.1) is 0 Å². The van der Waals surface area contributed by atoms with E-state index in [0.29, 0.717) is 41.4 Å². The first-order valence-corrected chi connectivity index (χ1v) is 24.2. The standard InChI is InChI=1S/C62H44N6O4/c1-61(2,3)59-67-57(41-17-12-22-50-53(41)39-16-8-11-21-47(39)71-50)64-58(68-59)42-18-13-23-51-54(42)40-27-24-34(30-52(40)72-51)33-62(4,5)60-65-55(35-25-28-48-43(31-35)37-14-6-9-19-45(37)69-48)63-56(66-60)36-26-29-49-44(32-36)38-15-7-10-20-46(38)70-49/h6-32H,33H2,1-5H3. The lowest BCUT2D eigenvalue weighted by molar-refractivity contribution is 0.485. The van der Waals surface area contributed by atoms with Gasteiger partial charge in [-0.1, -0.05) is 126 Å². The molecule has 0 aliphatic heterocycles. The van der Waals surface area contributed by atoms with Gasteiger partial charge in [-0.05, 0) is 84.8 Å². The second kappa shape index (κ2) is 15.5. The maximum absolute atomic E-state index is 6.72. The molecule has 8 aromatic carbocycles. The maximum Gasteiger partial charge on any atom is 0.164 e. The lowest BCUT2D eigenvalue weighted by atomic mass is 9.84. The molecule has 0 aliphatic carbocycles. The van der Waals surface area contributed by atoms with E-state index in [9.17, 15) is 0 Å². The Balaban J connectivity index is 0.869. The van der Waals surface area contributed by atoms with Crippen molar-refractivity contribution in [2.75, 3.05) is 0 Å². The molecule has 72 heavy (non-hydrogen) atoms. The number of hydrogen-bond donors (Lipinski definition) is 0. The molecule has 0 bridgehead atoms. The third kappa shape index (κ3) is 6.77. The summed E-state index contributed by atoms with van der Waals surface area (Å²) in [6.45, 7) is 10.8. The van der Waals surface area contributed by atoms with Crippen molar-refractivity contribution in [1.82, 2.24) is 29.9 Å². The van der Waals surface area contributed by atoms with Gasteiger partial charge in [0.05, 0.1) is 0 Å². The Morgan fingerprint density at radius 3 is 1.32 bits per heavy atom. The van der Waals surface area contributed by atoms with E-state index in [1.165, 1.54) is 0 Å². The normalized spacial score (nSPS) is 12.6. The molecule has 0 unspecified atom stereocenters. The molecule has 0 atom stereocenters. The van der Waals surface area contributed by atoms with E-state index in [0.717, 1.165) is 116 Å². The van der Waals surface area contributed by atoms with Crippen LogP contribution < -0.4 is 0 Å². The molecule has 14 rings (SSSR count). The smallest absolute Gasteiger partial charge is 0.164 e. The number of furan rings is 4. The first kappa shape index (κ1) is 41.9. The Morgan fingerprint density at radius 2 is 0.764 bits per heavy atom. The van der Waals surface area contributed by atoms with Crippen LogP contribution in [0.15, 0.2) is 181 Å². The van der Waals surface area contributed by atoms with E-state index in [1.807, 2.05) is 103 Å². The van der Waals surface area contributed by atoms with E-state index in [-0.39, 0.29) is 5.41 Å². The average Bonchev–Trinajstić information content (AvgIpc) is 4.17. The molecule has 6 heterocycles. The topological polar surface area (TPSA) is 130 Å². The van der Waals surface area contributed by atoms with Gasteiger partial charge in [-0.25, -0.2) is 29.9 Å². The van der Waals surface area contributed by atoms with E-state index in [4.69, 9.17) is 47.6 Å². The van der Waals surface area contributed by atoms with E-state index in [2.05, 4.69) is 95.3 Å². The summed E-state index contributed by atoms with van der Waals surface area (Å²) in [4.78, 5) is 31.2. The zero-order valence-electron chi connectivity index (χ0n) is 40.1. The van der Waals surface area contributed by atoms with Crippen molar-refractivity contribution in [3.05, 3.63) is 181 Å². The monoisotopic (exact) mass is 936 g/mol. The van der Waals surface area contributed by atoms with Gasteiger partial charge in [0.25, 0.3) is 0 Å². The summed E-state index contributed by atoms with van der Waals surface area (Å²) in [7, 11) is 0.